The second-order valence-electron chi connectivity index (χ2n) is 5.89. The van der Waals surface area contributed by atoms with Crippen LogP contribution in [0.1, 0.15) is 31.2 Å². The number of thioether (sulfide) groups is 1. The molecule has 0 fully saturated rings. The number of para-hydroxylation sites is 2. The zero-order chi connectivity index (χ0) is 16.1. The third-order valence-electron chi connectivity index (χ3n) is 4.12. The Hall–Kier alpha value is -1.74. The van der Waals surface area contributed by atoms with Crippen molar-refractivity contribution in [3.63, 3.8) is 0 Å². The van der Waals surface area contributed by atoms with E-state index >= 15 is 0 Å². The van der Waals surface area contributed by atoms with E-state index in [0.717, 1.165) is 18.5 Å². The molecule has 3 aromatic rings. The van der Waals surface area contributed by atoms with Gasteiger partial charge in [-0.05, 0) is 49.8 Å². The van der Waals surface area contributed by atoms with E-state index in [-0.39, 0.29) is 0 Å². The van der Waals surface area contributed by atoms with Crippen LogP contribution in [0, 0.1) is 6.92 Å². The van der Waals surface area contributed by atoms with E-state index in [1.807, 2.05) is 11.8 Å². The number of aryl methyl sites for hydroxylation is 3. The summed E-state index contributed by atoms with van der Waals surface area (Å²) in [5.41, 5.74) is 3.72. The highest BCUT2D eigenvalue weighted by Gasteiger charge is 2.08. The molecule has 2 aromatic carbocycles. The summed E-state index contributed by atoms with van der Waals surface area (Å²) in [6, 6.07) is 17.3. The van der Waals surface area contributed by atoms with Gasteiger partial charge in [0.15, 0.2) is 0 Å². The van der Waals surface area contributed by atoms with Crippen molar-refractivity contribution in [1.82, 2.24) is 9.55 Å². The molecular formula is C20H24N2S. The normalized spacial score (nSPS) is 11.2. The molecule has 0 amide bonds. The standard InChI is InChI=1S/C20H24N2S/c1-3-20-21-18-8-4-5-9-19(18)22(20)14-6-7-15-23-17-12-10-16(2)11-13-17/h4-5,8-13H,3,6-7,14-15H2,1-2H3. The van der Waals surface area contributed by atoms with E-state index in [9.17, 15) is 0 Å². The predicted molar refractivity (Wildman–Crippen MR) is 100 cm³/mol. The van der Waals surface area contributed by atoms with Gasteiger partial charge in [0.2, 0.25) is 0 Å². The third-order valence-corrected chi connectivity index (χ3v) is 5.21. The number of hydrogen-bond acceptors (Lipinski definition) is 2. The highest BCUT2D eigenvalue weighted by atomic mass is 32.2. The smallest absolute Gasteiger partial charge is 0.109 e. The van der Waals surface area contributed by atoms with Crippen LogP contribution in [-0.4, -0.2) is 15.3 Å². The molecule has 1 aromatic heterocycles. The van der Waals surface area contributed by atoms with Gasteiger partial charge >= 0.3 is 0 Å². The lowest BCUT2D eigenvalue weighted by Crippen LogP contribution is -2.03. The van der Waals surface area contributed by atoms with Crippen LogP contribution in [0.25, 0.3) is 11.0 Å². The largest absolute Gasteiger partial charge is 0.328 e. The number of aromatic nitrogens is 2. The van der Waals surface area contributed by atoms with E-state index in [2.05, 4.69) is 66.9 Å². The maximum Gasteiger partial charge on any atom is 0.109 e. The van der Waals surface area contributed by atoms with E-state index < -0.39 is 0 Å². The van der Waals surface area contributed by atoms with Crippen molar-refractivity contribution < 1.29 is 0 Å². The van der Waals surface area contributed by atoms with E-state index in [4.69, 9.17) is 4.98 Å². The highest BCUT2D eigenvalue weighted by molar-refractivity contribution is 7.99. The molecule has 0 aliphatic rings. The third kappa shape index (κ3) is 3.97. The first-order valence-electron chi connectivity index (χ1n) is 8.41. The van der Waals surface area contributed by atoms with Crippen molar-refractivity contribution in [2.75, 3.05) is 5.75 Å². The van der Waals surface area contributed by atoms with Gasteiger partial charge in [0.1, 0.15) is 5.82 Å². The van der Waals surface area contributed by atoms with Crippen LogP contribution in [0.4, 0.5) is 0 Å². The van der Waals surface area contributed by atoms with Crippen molar-refractivity contribution >= 4 is 22.8 Å². The van der Waals surface area contributed by atoms with Gasteiger partial charge in [-0.2, -0.15) is 0 Å². The zero-order valence-corrected chi connectivity index (χ0v) is 14.8. The van der Waals surface area contributed by atoms with Crippen LogP contribution in [0.3, 0.4) is 0 Å². The molecule has 120 valence electrons. The van der Waals surface area contributed by atoms with E-state index in [0.29, 0.717) is 0 Å². The summed E-state index contributed by atoms with van der Waals surface area (Å²) >= 11 is 1.96. The fraction of sp³-hybridized carbons (Fsp3) is 0.350. The number of benzene rings is 2. The van der Waals surface area contributed by atoms with Crippen LogP contribution in [-0.2, 0) is 13.0 Å². The Morgan fingerprint density at radius 1 is 1.00 bits per heavy atom. The summed E-state index contributed by atoms with van der Waals surface area (Å²) < 4.78 is 2.39. The summed E-state index contributed by atoms with van der Waals surface area (Å²) in [6.45, 7) is 5.39. The minimum atomic E-state index is 0.993. The molecule has 0 aliphatic carbocycles. The Balaban J connectivity index is 1.53. The monoisotopic (exact) mass is 324 g/mol. The Labute approximate surface area is 142 Å². The molecule has 3 heteroatoms. The number of imidazole rings is 1. The molecule has 0 aliphatic heterocycles. The molecule has 0 saturated heterocycles. The Bertz CT molecular complexity index is 759. The molecular weight excluding hydrogens is 300 g/mol. The average molecular weight is 324 g/mol. The second kappa shape index (κ2) is 7.69. The maximum atomic E-state index is 4.74. The lowest BCUT2D eigenvalue weighted by molar-refractivity contribution is 0.622. The van der Waals surface area contributed by atoms with Gasteiger partial charge in [-0.3, -0.25) is 0 Å². The van der Waals surface area contributed by atoms with E-state index in [1.165, 1.54) is 40.4 Å². The maximum absolute atomic E-state index is 4.74. The minimum Gasteiger partial charge on any atom is -0.328 e. The molecule has 0 saturated carbocycles. The Morgan fingerprint density at radius 3 is 2.57 bits per heavy atom. The van der Waals surface area contributed by atoms with Gasteiger partial charge in [-0.15, -0.1) is 11.8 Å². The molecule has 0 bridgehead atoms. The summed E-state index contributed by atoms with van der Waals surface area (Å²) in [7, 11) is 0. The van der Waals surface area contributed by atoms with Gasteiger partial charge in [-0.1, -0.05) is 36.8 Å². The van der Waals surface area contributed by atoms with Gasteiger partial charge in [0.05, 0.1) is 11.0 Å². The van der Waals surface area contributed by atoms with Crippen molar-refractivity contribution in [2.45, 2.75) is 44.6 Å². The molecule has 3 rings (SSSR count). The first-order chi connectivity index (χ1) is 11.3. The highest BCUT2D eigenvalue weighted by Crippen LogP contribution is 2.21. The van der Waals surface area contributed by atoms with Gasteiger partial charge in [0, 0.05) is 17.9 Å². The van der Waals surface area contributed by atoms with Gasteiger partial charge in [0.25, 0.3) is 0 Å². The lowest BCUT2D eigenvalue weighted by atomic mass is 10.2. The summed E-state index contributed by atoms with van der Waals surface area (Å²) in [5, 5.41) is 0. The first-order valence-corrected chi connectivity index (χ1v) is 9.40. The molecule has 0 spiro atoms. The quantitative estimate of drug-likeness (QED) is 0.423. The van der Waals surface area contributed by atoms with Gasteiger partial charge < -0.3 is 4.57 Å². The lowest BCUT2D eigenvalue weighted by Gasteiger charge is -2.08. The molecule has 0 unspecified atom stereocenters. The second-order valence-corrected chi connectivity index (χ2v) is 7.06. The molecule has 23 heavy (non-hydrogen) atoms. The number of hydrogen-bond donors (Lipinski definition) is 0. The number of unbranched alkanes of at least 4 members (excludes halogenated alkanes) is 1. The topological polar surface area (TPSA) is 17.8 Å². The van der Waals surface area contributed by atoms with Gasteiger partial charge in [-0.25, -0.2) is 4.98 Å². The predicted octanol–water partition coefficient (Wildman–Crippen LogP) is 5.48. The number of rotatable bonds is 7. The Kier molecular flexibility index (Phi) is 5.39. The molecule has 0 radical (unpaired) electrons. The molecule has 1 heterocycles. The summed E-state index contributed by atoms with van der Waals surface area (Å²) in [4.78, 5) is 6.12. The average Bonchev–Trinajstić information content (AvgIpc) is 2.94. The fourth-order valence-corrected chi connectivity index (χ4v) is 3.75. The number of fused-ring (bicyclic) bond motifs is 1. The van der Waals surface area contributed by atoms with Crippen LogP contribution in [0.15, 0.2) is 53.4 Å². The summed E-state index contributed by atoms with van der Waals surface area (Å²) in [6.07, 6.45) is 3.42. The van der Waals surface area contributed by atoms with Crippen LogP contribution in [0.5, 0.6) is 0 Å². The first kappa shape index (κ1) is 16.1. The Morgan fingerprint density at radius 2 is 1.78 bits per heavy atom. The minimum absolute atomic E-state index is 0.993. The molecule has 2 nitrogen and oxygen atoms in total. The van der Waals surface area contributed by atoms with Crippen LogP contribution < -0.4 is 0 Å². The van der Waals surface area contributed by atoms with Crippen molar-refractivity contribution in [3.8, 4) is 0 Å². The van der Waals surface area contributed by atoms with Crippen LogP contribution in [0.2, 0.25) is 0 Å². The van der Waals surface area contributed by atoms with Crippen molar-refractivity contribution in [1.29, 1.82) is 0 Å². The fourth-order valence-electron chi connectivity index (χ4n) is 2.84. The van der Waals surface area contributed by atoms with E-state index in [1.54, 1.807) is 0 Å². The van der Waals surface area contributed by atoms with Crippen molar-refractivity contribution in [2.24, 2.45) is 0 Å². The molecule has 0 atom stereocenters. The molecule has 0 N–H and O–H groups in total. The SMILES string of the molecule is CCc1nc2ccccc2n1CCCCSc1ccc(C)cc1. The summed E-state index contributed by atoms with van der Waals surface area (Å²) in [5.74, 6) is 2.38. The zero-order valence-electron chi connectivity index (χ0n) is 14.0. The number of nitrogens with zero attached hydrogens (tertiary/aromatic N) is 2. The van der Waals surface area contributed by atoms with Crippen LogP contribution >= 0.6 is 11.8 Å². The van der Waals surface area contributed by atoms with Crippen molar-refractivity contribution in [3.05, 3.63) is 59.9 Å².